The molecule has 1 aliphatic rings. The maximum Gasteiger partial charge on any atom is 0.253 e. The van der Waals surface area contributed by atoms with E-state index in [4.69, 9.17) is 5.73 Å². The molecule has 0 fully saturated rings. The van der Waals surface area contributed by atoms with Crippen molar-refractivity contribution in [1.82, 2.24) is 5.32 Å². The number of carbonyl (C=O) groups is 1. The fraction of sp³-hybridized carbons (Fsp3) is 0.346. The van der Waals surface area contributed by atoms with Gasteiger partial charge in [-0.05, 0) is 70.6 Å². The zero-order valence-corrected chi connectivity index (χ0v) is 18.2. The van der Waals surface area contributed by atoms with E-state index in [1.807, 2.05) is 26.8 Å². The molecule has 29 heavy (non-hydrogen) atoms. The van der Waals surface area contributed by atoms with E-state index in [-0.39, 0.29) is 5.91 Å². The van der Waals surface area contributed by atoms with E-state index in [9.17, 15) is 4.79 Å². The molecule has 0 unspecified atom stereocenters. The Balaban J connectivity index is 1.90. The molecule has 0 aliphatic heterocycles. The minimum absolute atomic E-state index is 0.150. The van der Waals surface area contributed by atoms with Crippen LogP contribution >= 0.6 is 0 Å². The lowest BCUT2D eigenvalue weighted by atomic mass is 9.99. The highest BCUT2D eigenvalue weighted by Gasteiger charge is 2.09. The Morgan fingerprint density at radius 1 is 1.00 bits per heavy atom. The normalized spacial score (nSPS) is 14.4. The van der Waals surface area contributed by atoms with Crippen LogP contribution in [-0.4, -0.2) is 5.91 Å². The van der Waals surface area contributed by atoms with Crippen LogP contribution in [0.5, 0.6) is 0 Å². The van der Waals surface area contributed by atoms with Crippen molar-refractivity contribution in [3.05, 3.63) is 93.8 Å². The predicted octanol–water partition coefficient (Wildman–Crippen LogP) is 5.66. The van der Waals surface area contributed by atoms with Gasteiger partial charge in [-0.1, -0.05) is 65.3 Å². The number of nitrogens with two attached hydrogens (primary N) is 1. The summed E-state index contributed by atoms with van der Waals surface area (Å²) in [6.45, 7) is 8.35. The topological polar surface area (TPSA) is 55.1 Å². The fourth-order valence-corrected chi connectivity index (χ4v) is 3.00. The predicted molar refractivity (Wildman–Crippen MR) is 123 cm³/mol. The van der Waals surface area contributed by atoms with Crippen molar-refractivity contribution in [1.29, 1.82) is 0 Å². The Hall–Kier alpha value is -2.81. The number of aryl methyl sites for hydroxylation is 1. The molecule has 0 bridgehead atoms. The van der Waals surface area contributed by atoms with Gasteiger partial charge in [0.15, 0.2) is 0 Å². The molecule has 0 saturated carbocycles. The standard InChI is InChI=1S/C26H34N2O/c1-19(2)20(3)10-17-25(21(4)27)26(29)28-18-24-15-13-23(14-16-24)12-11-22-8-6-5-7-9-22/h6,8-10,13-17H,5,7,11-12,18,27H2,1-4H3,(H,28,29)/b17-10-,25-21-. The van der Waals surface area contributed by atoms with E-state index >= 15 is 0 Å². The third-order valence-electron chi connectivity index (χ3n) is 5.21. The highest BCUT2D eigenvalue weighted by molar-refractivity contribution is 5.96. The minimum Gasteiger partial charge on any atom is -0.402 e. The number of allylic oxidation sites excluding steroid dienone is 8. The molecule has 3 nitrogen and oxygen atoms in total. The molecular formula is C26H34N2O. The number of amides is 1. The van der Waals surface area contributed by atoms with Gasteiger partial charge in [0.2, 0.25) is 0 Å². The summed E-state index contributed by atoms with van der Waals surface area (Å²) in [6, 6.07) is 8.47. The highest BCUT2D eigenvalue weighted by Crippen LogP contribution is 2.16. The van der Waals surface area contributed by atoms with Crippen LogP contribution in [0.2, 0.25) is 0 Å². The largest absolute Gasteiger partial charge is 0.402 e. The van der Waals surface area contributed by atoms with Gasteiger partial charge in [-0.3, -0.25) is 4.79 Å². The molecule has 1 aromatic rings. The van der Waals surface area contributed by atoms with Crippen molar-refractivity contribution in [2.45, 2.75) is 59.9 Å². The first-order chi connectivity index (χ1) is 13.9. The van der Waals surface area contributed by atoms with E-state index in [1.54, 1.807) is 13.0 Å². The Morgan fingerprint density at radius 2 is 1.69 bits per heavy atom. The van der Waals surface area contributed by atoms with Crippen LogP contribution < -0.4 is 11.1 Å². The number of benzene rings is 1. The van der Waals surface area contributed by atoms with E-state index in [1.165, 1.54) is 16.7 Å². The lowest BCUT2D eigenvalue weighted by Gasteiger charge is -2.10. The van der Waals surface area contributed by atoms with E-state index in [0.717, 1.165) is 36.8 Å². The van der Waals surface area contributed by atoms with Gasteiger partial charge < -0.3 is 11.1 Å². The molecule has 1 amide bonds. The average Bonchev–Trinajstić information content (AvgIpc) is 2.71. The second kappa shape index (κ2) is 11.3. The lowest BCUT2D eigenvalue weighted by molar-refractivity contribution is -0.117. The van der Waals surface area contributed by atoms with Crippen LogP contribution in [0.4, 0.5) is 0 Å². The quantitative estimate of drug-likeness (QED) is 0.445. The number of hydrogen-bond acceptors (Lipinski definition) is 2. The fourth-order valence-electron chi connectivity index (χ4n) is 3.00. The van der Waals surface area contributed by atoms with Crippen molar-refractivity contribution in [3.8, 4) is 0 Å². The molecule has 0 radical (unpaired) electrons. The zero-order chi connectivity index (χ0) is 21.2. The molecule has 0 saturated heterocycles. The molecule has 3 heteroatoms. The van der Waals surface area contributed by atoms with Crippen LogP contribution in [0.1, 0.15) is 58.1 Å². The van der Waals surface area contributed by atoms with E-state index < -0.39 is 0 Å². The summed E-state index contributed by atoms with van der Waals surface area (Å²) in [5.74, 6) is -0.150. The monoisotopic (exact) mass is 390 g/mol. The molecule has 0 atom stereocenters. The summed E-state index contributed by atoms with van der Waals surface area (Å²) in [7, 11) is 0. The molecule has 0 spiro atoms. The third-order valence-corrected chi connectivity index (χ3v) is 5.21. The van der Waals surface area contributed by atoms with Crippen molar-refractivity contribution >= 4 is 5.91 Å². The van der Waals surface area contributed by atoms with Gasteiger partial charge in [0, 0.05) is 12.2 Å². The van der Waals surface area contributed by atoms with Gasteiger partial charge in [0.05, 0.1) is 5.57 Å². The Kier molecular flexibility index (Phi) is 8.72. The van der Waals surface area contributed by atoms with E-state index in [2.05, 4.69) is 47.8 Å². The van der Waals surface area contributed by atoms with Crippen molar-refractivity contribution in [3.63, 3.8) is 0 Å². The van der Waals surface area contributed by atoms with E-state index in [0.29, 0.717) is 17.8 Å². The summed E-state index contributed by atoms with van der Waals surface area (Å²) in [4.78, 5) is 12.6. The maximum atomic E-state index is 12.6. The van der Waals surface area contributed by atoms with Gasteiger partial charge in [0.1, 0.15) is 0 Å². The zero-order valence-electron chi connectivity index (χ0n) is 18.2. The molecule has 0 heterocycles. The van der Waals surface area contributed by atoms with Gasteiger partial charge in [-0.2, -0.15) is 0 Å². The first-order valence-corrected chi connectivity index (χ1v) is 10.4. The molecule has 154 valence electrons. The van der Waals surface area contributed by atoms with Crippen LogP contribution in [0, 0.1) is 0 Å². The van der Waals surface area contributed by atoms with Crippen LogP contribution in [0.3, 0.4) is 0 Å². The van der Waals surface area contributed by atoms with Crippen LogP contribution in [-0.2, 0) is 17.8 Å². The Labute approximate surface area is 175 Å². The number of rotatable bonds is 8. The van der Waals surface area contributed by atoms with Crippen LogP contribution in [0.25, 0.3) is 0 Å². The number of carbonyl (C=O) groups excluding carboxylic acids is 1. The summed E-state index contributed by atoms with van der Waals surface area (Å²) >= 11 is 0. The van der Waals surface area contributed by atoms with Gasteiger partial charge in [-0.25, -0.2) is 0 Å². The first kappa shape index (κ1) is 22.5. The van der Waals surface area contributed by atoms with Crippen LogP contribution in [0.15, 0.2) is 82.6 Å². The van der Waals surface area contributed by atoms with Gasteiger partial charge in [0.25, 0.3) is 5.91 Å². The smallest absolute Gasteiger partial charge is 0.253 e. The van der Waals surface area contributed by atoms with Gasteiger partial charge >= 0.3 is 0 Å². The Morgan fingerprint density at radius 3 is 2.28 bits per heavy atom. The number of nitrogens with one attached hydrogen (secondary N) is 1. The third kappa shape index (κ3) is 7.61. The number of hydrogen-bond donors (Lipinski definition) is 2. The molecule has 0 aromatic heterocycles. The second-order valence-corrected chi connectivity index (χ2v) is 7.87. The summed E-state index contributed by atoms with van der Waals surface area (Å²) in [5.41, 5.74) is 13.1. The summed E-state index contributed by atoms with van der Waals surface area (Å²) < 4.78 is 0. The average molecular weight is 391 g/mol. The summed E-state index contributed by atoms with van der Waals surface area (Å²) in [6.07, 6.45) is 15.0. The molecule has 1 aromatic carbocycles. The SMILES string of the molecule is CC(C)=C(C)/C=C\C(C(=O)NCc1ccc(CCC2=CCCC=C2)cc1)=C(/C)N. The second-order valence-electron chi connectivity index (χ2n) is 7.87. The molecule has 2 rings (SSSR count). The van der Waals surface area contributed by atoms with Crippen molar-refractivity contribution in [2.24, 2.45) is 5.73 Å². The molecular weight excluding hydrogens is 356 g/mol. The lowest BCUT2D eigenvalue weighted by Crippen LogP contribution is -2.25. The minimum atomic E-state index is -0.150. The highest BCUT2D eigenvalue weighted by atomic mass is 16.1. The van der Waals surface area contributed by atoms with Crippen molar-refractivity contribution < 1.29 is 4.79 Å². The van der Waals surface area contributed by atoms with Gasteiger partial charge in [-0.15, -0.1) is 0 Å². The maximum absolute atomic E-state index is 12.6. The van der Waals surface area contributed by atoms with Crippen molar-refractivity contribution in [2.75, 3.05) is 0 Å². The molecule has 3 N–H and O–H groups in total. The summed E-state index contributed by atoms with van der Waals surface area (Å²) in [5, 5.41) is 2.97. The first-order valence-electron chi connectivity index (χ1n) is 10.4. The molecule has 1 aliphatic carbocycles. The Bertz CT molecular complexity index is 856.